The molecule has 5 nitrogen and oxygen atoms in total. The molecule has 0 aromatic heterocycles. The first kappa shape index (κ1) is 13.2. The highest BCUT2D eigenvalue weighted by atomic mass is 16.4. The van der Waals surface area contributed by atoms with Crippen LogP contribution in [-0.4, -0.2) is 66.3 Å². The van der Waals surface area contributed by atoms with Crippen LogP contribution in [0, 0.1) is 11.8 Å². The van der Waals surface area contributed by atoms with Gasteiger partial charge in [0.1, 0.15) is 0 Å². The lowest BCUT2D eigenvalue weighted by Gasteiger charge is -2.43. The van der Waals surface area contributed by atoms with E-state index in [-0.39, 0.29) is 0 Å². The number of piperazine rings is 1. The summed E-state index contributed by atoms with van der Waals surface area (Å²) in [5.74, 6) is 1.65. The van der Waals surface area contributed by atoms with Gasteiger partial charge in [-0.1, -0.05) is 0 Å². The Kier molecular flexibility index (Phi) is 3.93. The number of nitrogens with one attached hydrogen (secondary N) is 1. The number of amides is 1. The number of hydrogen-bond donors (Lipinski definition) is 2. The van der Waals surface area contributed by atoms with Gasteiger partial charge in [0, 0.05) is 32.2 Å². The summed E-state index contributed by atoms with van der Waals surface area (Å²) in [5.41, 5.74) is 0. The number of carboxylic acid groups (broad SMARTS) is 1. The van der Waals surface area contributed by atoms with Crippen molar-refractivity contribution in [3.05, 3.63) is 0 Å². The zero-order valence-electron chi connectivity index (χ0n) is 11.6. The van der Waals surface area contributed by atoms with Crippen LogP contribution in [0.4, 0.5) is 4.79 Å². The highest BCUT2D eigenvalue weighted by molar-refractivity contribution is 5.65. The Bertz CT molecular complexity index is 319. The van der Waals surface area contributed by atoms with Gasteiger partial charge in [0.25, 0.3) is 0 Å². The maximum absolute atomic E-state index is 11.0. The molecule has 108 valence electrons. The molecule has 3 fully saturated rings. The van der Waals surface area contributed by atoms with E-state index in [1.54, 1.807) is 4.90 Å². The minimum atomic E-state index is -0.762. The van der Waals surface area contributed by atoms with E-state index >= 15 is 0 Å². The molecule has 1 aliphatic carbocycles. The van der Waals surface area contributed by atoms with Gasteiger partial charge in [-0.25, -0.2) is 4.79 Å². The third kappa shape index (κ3) is 3.03. The molecule has 3 aliphatic rings. The van der Waals surface area contributed by atoms with Crippen molar-refractivity contribution in [2.24, 2.45) is 11.8 Å². The van der Waals surface area contributed by atoms with E-state index in [2.05, 4.69) is 10.2 Å². The van der Waals surface area contributed by atoms with E-state index in [4.69, 9.17) is 5.11 Å². The third-order valence-electron chi connectivity index (χ3n) is 4.93. The second-order valence-electron chi connectivity index (χ2n) is 6.24. The average Bonchev–Trinajstić information content (AvgIpc) is 3.25. The lowest BCUT2D eigenvalue weighted by molar-refractivity contribution is 0.0505. The molecule has 0 spiro atoms. The summed E-state index contributed by atoms with van der Waals surface area (Å²) in [4.78, 5) is 15.1. The summed E-state index contributed by atoms with van der Waals surface area (Å²) in [6.45, 7) is 5.52. The molecule has 0 radical (unpaired) electrons. The van der Waals surface area contributed by atoms with Crippen molar-refractivity contribution in [3.63, 3.8) is 0 Å². The fourth-order valence-electron chi connectivity index (χ4n) is 3.80. The zero-order valence-corrected chi connectivity index (χ0v) is 11.6. The topological polar surface area (TPSA) is 55.8 Å². The van der Waals surface area contributed by atoms with Gasteiger partial charge >= 0.3 is 6.09 Å². The highest BCUT2D eigenvalue weighted by Gasteiger charge is 2.41. The Morgan fingerprint density at radius 1 is 1.11 bits per heavy atom. The fourth-order valence-corrected chi connectivity index (χ4v) is 3.80. The third-order valence-corrected chi connectivity index (χ3v) is 4.93. The second kappa shape index (κ2) is 5.67. The Morgan fingerprint density at radius 3 is 2.37 bits per heavy atom. The van der Waals surface area contributed by atoms with Crippen LogP contribution >= 0.6 is 0 Å². The average molecular weight is 267 g/mol. The lowest BCUT2D eigenvalue weighted by atomic mass is 9.87. The Morgan fingerprint density at radius 2 is 1.84 bits per heavy atom. The molecular weight excluding hydrogens is 242 g/mol. The monoisotopic (exact) mass is 267 g/mol. The minimum Gasteiger partial charge on any atom is -0.465 e. The summed E-state index contributed by atoms with van der Waals surface area (Å²) in [7, 11) is 0. The first-order valence-corrected chi connectivity index (χ1v) is 7.68. The molecule has 2 N–H and O–H groups in total. The second-order valence-corrected chi connectivity index (χ2v) is 6.24. The summed E-state index contributed by atoms with van der Waals surface area (Å²) in [5, 5.41) is 12.6. The highest BCUT2D eigenvalue weighted by Crippen LogP contribution is 2.40. The zero-order chi connectivity index (χ0) is 13.2. The molecule has 5 heteroatoms. The van der Waals surface area contributed by atoms with Crippen molar-refractivity contribution >= 4 is 6.09 Å². The Hall–Kier alpha value is -0.810. The van der Waals surface area contributed by atoms with Crippen molar-refractivity contribution < 1.29 is 9.90 Å². The lowest BCUT2D eigenvalue weighted by Crippen LogP contribution is -2.55. The number of nitrogens with zero attached hydrogens (tertiary/aromatic N) is 2. The van der Waals surface area contributed by atoms with Crippen LogP contribution in [0.1, 0.15) is 25.7 Å². The minimum absolute atomic E-state index is 0.679. The first-order valence-electron chi connectivity index (χ1n) is 7.68. The van der Waals surface area contributed by atoms with Gasteiger partial charge in [-0.15, -0.1) is 0 Å². The molecule has 2 saturated heterocycles. The summed E-state index contributed by atoms with van der Waals surface area (Å²) in [6.07, 6.45) is 4.62. The van der Waals surface area contributed by atoms with Crippen LogP contribution in [-0.2, 0) is 0 Å². The normalized spacial score (nSPS) is 31.2. The van der Waals surface area contributed by atoms with E-state index < -0.39 is 6.09 Å². The van der Waals surface area contributed by atoms with Gasteiger partial charge < -0.3 is 15.3 Å². The Labute approximate surface area is 114 Å². The first-order chi connectivity index (χ1) is 9.25. The molecular formula is C14H25N3O2. The largest absolute Gasteiger partial charge is 0.465 e. The van der Waals surface area contributed by atoms with Crippen molar-refractivity contribution in [1.82, 2.24) is 15.1 Å². The van der Waals surface area contributed by atoms with Crippen LogP contribution in [0.3, 0.4) is 0 Å². The van der Waals surface area contributed by atoms with Crippen molar-refractivity contribution in [2.75, 3.05) is 39.3 Å². The van der Waals surface area contributed by atoms with Gasteiger partial charge in [0.05, 0.1) is 0 Å². The molecule has 0 unspecified atom stereocenters. The predicted octanol–water partition coefficient (Wildman–Crippen LogP) is 1.06. The standard InChI is InChI=1S/C14H25N3O2/c18-14(19)17-8-6-16(7-9-17)13(11-3-4-11)12-2-1-5-15-10-12/h11-13,15H,1-10H2,(H,18,19)/t12-,13-/m0/s1. The van der Waals surface area contributed by atoms with Crippen LogP contribution < -0.4 is 5.32 Å². The molecule has 3 rings (SSSR count). The smallest absolute Gasteiger partial charge is 0.407 e. The molecule has 1 amide bonds. The van der Waals surface area contributed by atoms with Gasteiger partial charge in [-0.3, -0.25) is 4.90 Å². The van der Waals surface area contributed by atoms with Crippen LogP contribution in [0.2, 0.25) is 0 Å². The summed E-state index contributed by atoms with van der Waals surface area (Å²) < 4.78 is 0. The molecule has 2 aliphatic heterocycles. The number of piperidine rings is 1. The van der Waals surface area contributed by atoms with E-state index in [1.807, 2.05) is 0 Å². The van der Waals surface area contributed by atoms with Crippen LogP contribution in [0.25, 0.3) is 0 Å². The molecule has 1 saturated carbocycles. The van der Waals surface area contributed by atoms with Crippen molar-refractivity contribution in [3.8, 4) is 0 Å². The molecule has 2 heterocycles. The molecule has 0 aromatic carbocycles. The quantitative estimate of drug-likeness (QED) is 0.803. The maximum Gasteiger partial charge on any atom is 0.407 e. The van der Waals surface area contributed by atoms with Gasteiger partial charge in [-0.05, 0) is 50.6 Å². The van der Waals surface area contributed by atoms with Crippen LogP contribution in [0.5, 0.6) is 0 Å². The number of hydrogen-bond acceptors (Lipinski definition) is 3. The molecule has 2 atom stereocenters. The molecule has 0 aromatic rings. The van der Waals surface area contributed by atoms with Crippen molar-refractivity contribution in [2.45, 2.75) is 31.7 Å². The molecule has 0 bridgehead atoms. The van der Waals surface area contributed by atoms with E-state index in [1.165, 1.54) is 32.2 Å². The number of carbonyl (C=O) groups is 1. The summed E-state index contributed by atoms with van der Waals surface area (Å²) >= 11 is 0. The molecule has 19 heavy (non-hydrogen) atoms. The van der Waals surface area contributed by atoms with E-state index in [0.717, 1.165) is 31.5 Å². The number of rotatable bonds is 3. The Balaban J connectivity index is 1.60. The van der Waals surface area contributed by atoms with Crippen LogP contribution in [0.15, 0.2) is 0 Å². The van der Waals surface area contributed by atoms with Gasteiger partial charge in [0.2, 0.25) is 0 Å². The van der Waals surface area contributed by atoms with E-state index in [9.17, 15) is 4.79 Å². The van der Waals surface area contributed by atoms with Crippen molar-refractivity contribution in [1.29, 1.82) is 0 Å². The van der Waals surface area contributed by atoms with E-state index in [0.29, 0.717) is 19.1 Å². The SMILES string of the molecule is O=C(O)N1CCN([C@@H](C2CC2)[C@H]2CCCNC2)CC1. The predicted molar refractivity (Wildman–Crippen MR) is 73.3 cm³/mol. The van der Waals surface area contributed by atoms with Gasteiger partial charge in [-0.2, -0.15) is 0 Å². The fraction of sp³-hybridized carbons (Fsp3) is 0.929. The van der Waals surface area contributed by atoms with Gasteiger partial charge in [0.15, 0.2) is 0 Å². The summed E-state index contributed by atoms with van der Waals surface area (Å²) in [6, 6.07) is 0.698. The maximum atomic E-state index is 11.0.